The first kappa shape index (κ1) is 12.8. The van der Waals surface area contributed by atoms with Crippen LogP contribution in [-0.4, -0.2) is 29.8 Å². The van der Waals surface area contributed by atoms with Crippen molar-refractivity contribution in [2.75, 3.05) is 13.7 Å². The number of hydrogen-bond acceptors (Lipinski definition) is 3. The summed E-state index contributed by atoms with van der Waals surface area (Å²) in [6.45, 7) is 2.32. The molecular weight excluding hydrogens is 302 g/mol. The Balaban J connectivity index is 2.75. The molecule has 2 N–H and O–H groups in total. The molecule has 0 aliphatic rings. The van der Waals surface area contributed by atoms with Crippen LogP contribution >= 0.6 is 15.9 Å². The van der Waals surface area contributed by atoms with Gasteiger partial charge in [0.2, 0.25) is 0 Å². The molecule has 0 radical (unpaired) electrons. The lowest BCUT2D eigenvalue weighted by Crippen LogP contribution is -1.97. The molecule has 0 saturated carbocycles. The van der Waals surface area contributed by atoms with Gasteiger partial charge in [-0.3, -0.25) is 0 Å². The van der Waals surface area contributed by atoms with Gasteiger partial charge in [0.15, 0.2) is 11.5 Å². The van der Waals surface area contributed by atoms with E-state index in [1.54, 1.807) is 12.1 Å². The van der Waals surface area contributed by atoms with Crippen LogP contribution in [0.3, 0.4) is 0 Å². The van der Waals surface area contributed by atoms with Gasteiger partial charge < -0.3 is 19.6 Å². The first-order valence-corrected chi connectivity index (χ1v) is 6.13. The molecule has 0 aliphatic carbocycles. The Morgan fingerprint density at radius 3 is 2.78 bits per heavy atom. The highest BCUT2D eigenvalue weighted by molar-refractivity contribution is 9.10. The fourth-order valence-corrected chi connectivity index (χ4v) is 2.28. The predicted octanol–water partition coefficient (Wildman–Crippen LogP) is 3.04. The number of aromatic carboxylic acids is 1. The number of H-pyrrole nitrogens is 1. The molecule has 0 saturated heterocycles. The van der Waals surface area contributed by atoms with Crippen molar-refractivity contribution >= 4 is 32.8 Å². The Hall–Kier alpha value is -1.69. The molecule has 5 nitrogen and oxygen atoms in total. The Morgan fingerprint density at radius 2 is 2.22 bits per heavy atom. The smallest absolute Gasteiger partial charge is 0.352 e. The lowest BCUT2D eigenvalue weighted by atomic mass is 10.2. The Kier molecular flexibility index (Phi) is 3.47. The van der Waals surface area contributed by atoms with E-state index in [2.05, 4.69) is 20.9 Å². The molecule has 0 amide bonds. The van der Waals surface area contributed by atoms with Crippen molar-refractivity contribution in [2.24, 2.45) is 0 Å². The molecule has 6 heteroatoms. The molecule has 1 aromatic heterocycles. The third-order valence-electron chi connectivity index (χ3n) is 2.52. The van der Waals surface area contributed by atoms with E-state index < -0.39 is 5.97 Å². The van der Waals surface area contributed by atoms with Crippen molar-refractivity contribution < 1.29 is 19.4 Å². The second kappa shape index (κ2) is 4.89. The minimum atomic E-state index is -1.01. The zero-order valence-electron chi connectivity index (χ0n) is 9.91. The van der Waals surface area contributed by atoms with Gasteiger partial charge in [-0.05, 0) is 35.0 Å². The monoisotopic (exact) mass is 313 g/mol. The second-order valence-electron chi connectivity index (χ2n) is 3.60. The van der Waals surface area contributed by atoms with Gasteiger partial charge in [0.05, 0.1) is 19.2 Å². The number of aromatic nitrogens is 1. The average molecular weight is 314 g/mol. The molecule has 2 aromatic rings. The Bertz CT molecular complexity index is 606. The number of methoxy groups -OCH3 is 1. The SMILES string of the molecule is CCOc1c(OC)cc(Br)c2cc(C(=O)O)[nH]c12. The fourth-order valence-electron chi connectivity index (χ4n) is 1.76. The van der Waals surface area contributed by atoms with Gasteiger partial charge in [0, 0.05) is 9.86 Å². The summed E-state index contributed by atoms with van der Waals surface area (Å²) in [6.07, 6.45) is 0. The lowest BCUT2D eigenvalue weighted by Gasteiger charge is -2.11. The zero-order valence-corrected chi connectivity index (χ0v) is 11.5. The number of carbonyl (C=O) groups is 1. The van der Waals surface area contributed by atoms with E-state index in [0.29, 0.717) is 23.6 Å². The zero-order chi connectivity index (χ0) is 13.3. The van der Waals surface area contributed by atoms with Crippen LogP contribution in [0.4, 0.5) is 0 Å². The van der Waals surface area contributed by atoms with Crippen molar-refractivity contribution in [1.29, 1.82) is 0 Å². The quantitative estimate of drug-likeness (QED) is 0.910. The van der Waals surface area contributed by atoms with Crippen molar-refractivity contribution in [1.82, 2.24) is 4.98 Å². The van der Waals surface area contributed by atoms with Crippen LogP contribution in [0.15, 0.2) is 16.6 Å². The van der Waals surface area contributed by atoms with E-state index in [0.717, 1.165) is 9.86 Å². The summed E-state index contributed by atoms with van der Waals surface area (Å²) in [6, 6.07) is 3.32. The largest absolute Gasteiger partial charge is 0.493 e. The van der Waals surface area contributed by atoms with Crippen LogP contribution in [0, 0.1) is 0 Å². The van der Waals surface area contributed by atoms with Crippen molar-refractivity contribution in [3.05, 3.63) is 22.3 Å². The number of halogens is 1. The summed E-state index contributed by atoms with van der Waals surface area (Å²) in [7, 11) is 1.54. The molecule has 0 spiro atoms. The molecule has 2 rings (SSSR count). The van der Waals surface area contributed by atoms with Crippen molar-refractivity contribution in [3.63, 3.8) is 0 Å². The maximum absolute atomic E-state index is 11.0. The number of aromatic amines is 1. The van der Waals surface area contributed by atoms with Crippen LogP contribution in [0.1, 0.15) is 17.4 Å². The normalized spacial score (nSPS) is 10.6. The molecule has 0 unspecified atom stereocenters. The third-order valence-corrected chi connectivity index (χ3v) is 3.18. The van der Waals surface area contributed by atoms with Crippen molar-refractivity contribution in [2.45, 2.75) is 6.92 Å². The summed E-state index contributed by atoms with van der Waals surface area (Å²) >= 11 is 3.39. The summed E-state index contributed by atoms with van der Waals surface area (Å²) < 4.78 is 11.5. The molecule has 0 atom stereocenters. The number of ether oxygens (including phenoxy) is 2. The standard InChI is InChI=1S/C12H12BrNO4/c1-3-18-11-9(17-2)5-7(13)6-4-8(12(15)16)14-10(6)11/h4-5,14H,3H2,1-2H3,(H,15,16). The van der Waals surface area contributed by atoms with E-state index in [1.807, 2.05) is 6.92 Å². The van der Waals surface area contributed by atoms with Gasteiger partial charge >= 0.3 is 5.97 Å². The molecule has 0 bridgehead atoms. The summed E-state index contributed by atoms with van der Waals surface area (Å²) in [5.74, 6) is 0.0558. The third kappa shape index (κ3) is 2.03. The summed E-state index contributed by atoms with van der Waals surface area (Å²) in [5.41, 5.74) is 0.723. The van der Waals surface area contributed by atoms with Crippen LogP contribution in [0.5, 0.6) is 11.5 Å². The highest BCUT2D eigenvalue weighted by Gasteiger charge is 2.17. The summed E-state index contributed by atoms with van der Waals surface area (Å²) in [5, 5.41) is 9.75. The number of nitrogens with one attached hydrogen (secondary N) is 1. The maximum Gasteiger partial charge on any atom is 0.352 e. The molecule has 96 valence electrons. The highest BCUT2D eigenvalue weighted by Crippen LogP contribution is 2.40. The van der Waals surface area contributed by atoms with E-state index >= 15 is 0 Å². The molecule has 18 heavy (non-hydrogen) atoms. The molecule has 1 aromatic carbocycles. The van der Waals surface area contributed by atoms with Crippen LogP contribution in [0.25, 0.3) is 10.9 Å². The number of carboxylic acids is 1. The van der Waals surface area contributed by atoms with E-state index in [-0.39, 0.29) is 5.69 Å². The molecule has 0 aliphatic heterocycles. The van der Waals surface area contributed by atoms with Crippen LogP contribution in [-0.2, 0) is 0 Å². The minimum absolute atomic E-state index is 0.111. The number of fused-ring (bicyclic) bond motifs is 1. The van der Waals surface area contributed by atoms with Crippen LogP contribution < -0.4 is 9.47 Å². The van der Waals surface area contributed by atoms with E-state index in [9.17, 15) is 4.79 Å². The summed E-state index contributed by atoms with van der Waals surface area (Å²) in [4.78, 5) is 13.8. The van der Waals surface area contributed by atoms with Crippen LogP contribution in [0.2, 0.25) is 0 Å². The molecule has 0 fully saturated rings. The van der Waals surface area contributed by atoms with Gasteiger partial charge in [0.25, 0.3) is 0 Å². The van der Waals surface area contributed by atoms with Gasteiger partial charge in [-0.2, -0.15) is 0 Å². The highest BCUT2D eigenvalue weighted by atomic mass is 79.9. The van der Waals surface area contributed by atoms with E-state index in [4.69, 9.17) is 14.6 Å². The van der Waals surface area contributed by atoms with Gasteiger partial charge in [0.1, 0.15) is 5.69 Å². The lowest BCUT2D eigenvalue weighted by molar-refractivity contribution is 0.0691. The number of hydrogen-bond donors (Lipinski definition) is 2. The first-order chi connectivity index (χ1) is 8.58. The maximum atomic E-state index is 11.0. The number of carboxylic acid groups (broad SMARTS) is 1. The number of benzene rings is 1. The minimum Gasteiger partial charge on any atom is -0.493 e. The Morgan fingerprint density at radius 1 is 1.50 bits per heavy atom. The van der Waals surface area contributed by atoms with Gasteiger partial charge in [-0.25, -0.2) is 4.79 Å². The average Bonchev–Trinajstić information content (AvgIpc) is 2.78. The van der Waals surface area contributed by atoms with E-state index in [1.165, 1.54) is 7.11 Å². The topological polar surface area (TPSA) is 71.6 Å². The Labute approximate surface area is 112 Å². The van der Waals surface area contributed by atoms with Crippen molar-refractivity contribution in [3.8, 4) is 11.5 Å². The molecule has 1 heterocycles. The molecular formula is C12H12BrNO4. The first-order valence-electron chi connectivity index (χ1n) is 5.33. The number of rotatable bonds is 4. The van der Waals surface area contributed by atoms with Gasteiger partial charge in [-0.15, -0.1) is 0 Å². The van der Waals surface area contributed by atoms with Gasteiger partial charge in [-0.1, -0.05) is 0 Å². The second-order valence-corrected chi connectivity index (χ2v) is 4.45. The fraction of sp³-hybridized carbons (Fsp3) is 0.250. The predicted molar refractivity (Wildman–Crippen MR) is 70.7 cm³/mol.